The number of thioether (sulfide) groups is 1. The van der Waals surface area contributed by atoms with Crippen molar-refractivity contribution >= 4 is 23.4 Å². The van der Waals surface area contributed by atoms with Crippen molar-refractivity contribution in [2.75, 3.05) is 13.7 Å². The molecule has 0 unspecified atom stereocenters. The predicted octanol–water partition coefficient (Wildman–Crippen LogP) is 4.70. The molecule has 0 atom stereocenters. The maximum Gasteiger partial charge on any atom is 0.254 e. The van der Waals surface area contributed by atoms with E-state index < -0.39 is 0 Å². The summed E-state index contributed by atoms with van der Waals surface area (Å²) in [6.07, 6.45) is 0. The number of aromatic nitrogens is 4. The van der Waals surface area contributed by atoms with Gasteiger partial charge in [-0.15, -0.1) is 5.10 Å². The molecule has 0 saturated heterocycles. The molecule has 2 aromatic heterocycles. The number of aryl methyl sites for hydroxylation is 2. The van der Waals surface area contributed by atoms with Crippen LogP contribution >= 0.6 is 11.8 Å². The Kier molecular flexibility index (Phi) is 6.93. The van der Waals surface area contributed by atoms with Crippen LogP contribution in [0.5, 0.6) is 5.75 Å². The van der Waals surface area contributed by atoms with Gasteiger partial charge >= 0.3 is 0 Å². The van der Waals surface area contributed by atoms with Crippen LogP contribution in [0.15, 0.2) is 59.8 Å². The number of benzene rings is 2. The number of ether oxygens (including phenoxy) is 1. The molecule has 0 aliphatic carbocycles. The van der Waals surface area contributed by atoms with Gasteiger partial charge in [-0.25, -0.2) is 9.50 Å². The van der Waals surface area contributed by atoms with Gasteiger partial charge in [-0.3, -0.25) is 4.79 Å². The molecule has 7 nitrogen and oxygen atoms in total. The van der Waals surface area contributed by atoms with E-state index in [2.05, 4.69) is 15.1 Å². The summed E-state index contributed by atoms with van der Waals surface area (Å²) >= 11 is 1.50. The van der Waals surface area contributed by atoms with Crippen molar-refractivity contribution in [1.29, 1.82) is 0 Å². The lowest BCUT2D eigenvalue weighted by Crippen LogP contribution is -2.27. The number of amides is 1. The zero-order chi connectivity index (χ0) is 23.4. The smallest absolute Gasteiger partial charge is 0.254 e. The van der Waals surface area contributed by atoms with Gasteiger partial charge in [-0.05, 0) is 56.2 Å². The second-order valence-corrected chi connectivity index (χ2v) is 8.77. The molecule has 2 heterocycles. The third-order valence-corrected chi connectivity index (χ3v) is 6.09. The maximum atomic E-state index is 13.2. The van der Waals surface area contributed by atoms with Gasteiger partial charge in [0.15, 0.2) is 0 Å². The number of hydrogen-bond acceptors (Lipinski definition) is 6. The molecule has 4 aromatic rings. The van der Waals surface area contributed by atoms with Crippen molar-refractivity contribution in [2.45, 2.75) is 38.2 Å². The fourth-order valence-corrected chi connectivity index (χ4v) is 4.44. The van der Waals surface area contributed by atoms with Gasteiger partial charge in [0.25, 0.3) is 11.7 Å². The number of hydrogen-bond donors (Lipinski definition) is 0. The van der Waals surface area contributed by atoms with Gasteiger partial charge in [-0.2, -0.15) is 4.98 Å². The molecule has 1 amide bonds. The van der Waals surface area contributed by atoms with Crippen LogP contribution in [0.3, 0.4) is 0 Å². The van der Waals surface area contributed by atoms with Gasteiger partial charge < -0.3 is 9.64 Å². The number of carbonyl (C=O) groups is 1. The van der Waals surface area contributed by atoms with Gasteiger partial charge in [0.1, 0.15) is 5.75 Å². The van der Waals surface area contributed by atoms with Crippen LogP contribution in [-0.2, 0) is 12.3 Å². The summed E-state index contributed by atoms with van der Waals surface area (Å²) < 4.78 is 7.24. The van der Waals surface area contributed by atoms with E-state index in [1.54, 1.807) is 9.42 Å². The van der Waals surface area contributed by atoms with Crippen LogP contribution < -0.4 is 4.74 Å². The number of carbonyl (C=O) groups excluding carboxylic acids is 1. The first-order valence-corrected chi connectivity index (χ1v) is 11.8. The molecule has 33 heavy (non-hydrogen) atoms. The quantitative estimate of drug-likeness (QED) is 0.354. The number of nitrogens with zero attached hydrogens (tertiary/aromatic N) is 5. The lowest BCUT2D eigenvalue weighted by atomic mass is 10.1. The molecule has 0 spiro atoms. The summed E-state index contributed by atoms with van der Waals surface area (Å²) in [5.74, 6) is 2.00. The fraction of sp³-hybridized carbons (Fsp3) is 0.280. The van der Waals surface area contributed by atoms with Crippen molar-refractivity contribution < 1.29 is 9.53 Å². The Hall–Kier alpha value is -3.39. The van der Waals surface area contributed by atoms with Crippen LogP contribution in [-0.4, -0.2) is 44.0 Å². The van der Waals surface area contributed by atoms with Crippen LogP contribution in [0.1, 0.15) is 39.8 Å². The average molecular weight is 462 g/mol. The Morgan fingerprint density at radius 1 is 1.09 bits per heavy atom. The van der Waals surface area contributed by atoms with Crippen molar-refractivity contribution in [3.8, 4) is 5.75 Å². The van der Waals surface area contributed by atoms with Crippen LogP contribution in [0.2, 0.25) is 0 Å². The van der Waals surface area contributed by atoms with E-state index in [9.17, 15) is 4.79 Å². The zero-order valence-electron chi connectivity index (χ0n) is 19.3. The normalized spacial score (nSPS) is 11.0. The predicted molar refractivity (Wildman–Crippen MR) is 130 cm³/mol. The molecule has 0 N–H and O–H groups in total. The summed E-state index contributed by atoms with van der Waals surface area (Å²) in [6.45, 7) is 7.04. The summed E-state index contributed by atoms with van der Waals surface area (Å²) in [6, 6.07) is 17.5. The third kappa shape index (κ3) is 5.34. The van der Waals surface area contributed by atoms with E-state index in [0.717, 1.165) is 28.3 Å². The zero-order valence-corrected chi connectivity index (χ0v) is 20.1. The summed E-state index contributed by atoms with van der Waals surface area (Å²) in [4.78, 5) is 23.9. The highest BCUT2D eigenvalue weighted by molar-refractivity contribution is 7.98. The molecule has 0 saturated carbocycles. The first kappa shape index (κ1) is 22.8. The van der Waals surface area contributed by atoms with Crippen LogP contribution in [0.25, 0.3) is 5.78 Å². The summed E-state index contributed by atoms with van der Waals surface area (Å²) in [7, 11) is 1.82. The molecular formula is C25H27N5O2S. The molecule has 4 rings (SSSR count). The van der Waals surface area contributed by atoms with Crippen LogP contribution in [0, 0.1) is 13.8 Å². The van der Waals surface area contributed by atoms with E-state index in [1.165, 1.54) is 11.8 Å². The van der Waals surface area contributed by atoms with E-state index in [4.69, 9.17) is 4.74 Å². The van der Waals surface area contributed by atoms with Crippen molar-refractivity contribution in [3.05, 3.63) is 82.7 Å². The molecular weight excluding hydrogens is 434 g/mol. The first-order chi connectivity index (χ1) is 15.9. The second-order valence-electron chi connectivity index (χ2n) is 7.83. The monoisotopic (exact) mass is 461 g/mol. The Morgan fingerprint density at radius 3 is 2.61 bits per heavy atom. The molecule has 8 heteroatoms. The van der Waals surface area contributed by atoms with Crippen molar-refractivity contribution in [2.24, 2.45) is 0 Å². The number of rotatable bonds is 8. The van der Waals surface area contributed by atoms with Gasteiger partial charge in [-0.1, -0.05) is 42.1 Å². The highest BCUT2D eigenvalue weighted by Gasteiger charge is 2.17. The summed E-state index contributed by atoms with van der Waals surface area (Å²) in [5.41, 5.74) is 4.59. The summed E-state index contributed by atoms with van der Waals surface area (Å²) in [5, 5.41) is 5.19. The van der Waals surface area contributed by atoms with Gasteiger partial charge in [0.2, 0.25) is 5.16 Å². The molecule has 0 bridgehead atoms. The van der Waals surface area contributed by atoms with E-state index in [0.29, 0.717) is 35.4 Å². The van der Waals surface area contributed by atoms with Gasteiger partial charge in [0, 0.05) is 36.3 Å². The molecule has 2 aromatic carbocycles. The topological polar surface area (TPSA) is 72.6 Å². The van der Waals surface area contributed by atoms with Crippen LogP contribution in [0.4, 0.5) is 0 Å². The minimum Gasteiger partial charge on any atom is -0.494 e. The van der Waals surface area contributed by atoms with Gasteiger partial charge in [0.05, 0.1) is 6.61 Å². The fourth-order valence-electron chi connectivity index (χ4n) is 3.62. The molecule has 0 aliphatic rings. The average Bonchev–Trinajstić information content (AvgIpc) is 3.22. The Labute approximate surface area is 197 Å². The maximum absolute atomic E-state index is 13.2. The Balaban J connectivity index is 1.46. The Bertz CT molecular complexity index is 1270. The minimum absolute atomic E-state index is 0.0174. The first-order valence-electron chi connectivity index (χ1n) is 10.8. The van der Waals surface area contributed by atoms with E-state index in [1.807, 2.05) is 82.4 Å². The Morgan fingerprint density at radius 2 is 1.85 bits per heavy atom. The lowest BCUT2D eigenvalue weighted by molar-refractivity contribution is 0.0784. The highest BCUT2D eigenvalue weighted by Crippen LogP contribution is 2.24. The molecule has 0 aliphatic heterocycles. The lowest BCUT2D eigenvalue weighted by Gasteiger charge is -2.19. The largest absolute Gasteiger partial charge is 0.494 e. The highest BCUT2D eigenvalue weighted by atomic mass is 32.2. The van der Waals surface area contributed by atoms with E-state index >= 15 is 0 Å². The molecule has 170 valence electrons. The van der Waals surface area contributed by atoms with Crippen molar-refractivity contribution in [3.63, 3.8) is 0 Å². The molecule has 0 fully saturated rings. The minimum atomic E-state index is -0.0174. The standard InChI is InChI=1S/C25H27N5O2S/c1-5-32-21-12-10-19(11-13-21)15-29(4)23(31)22-9-7-6-8-20(22)16-33-25-27-24-26-17(2)14-18(3)30(24)28-25/h6-14H,5,15-16H2,1-4H3. The third-order valence-electron chi connectivity index (χ3n) is 5.20. The van der Waals surface area contributed by atoms with E-state index in [-0.39, 0.29) is 5.91 Å². The number of fused-ring (bicyclic) bond motifs is 1. The second kappa shape index (κ2) is 10.0. The SMILES string of the molecule is CCOc1ccc(CN(C)C(=O)c2ccccc2CSc2nc3nc(C)cc(C)n3n2)cc1. The van der Waals surface area contributed by atoms with Crippen molar-refractivity contribution in [1.82, 2.24) is 24.5 Å². The molecule has 0 radical (unpaired) electrons.